The lowest BCUT2D eigenvalue weighted by molar-refractivity contribution is -0.138. The number of carbonyl (C=O) groups excluding carboxylic acids is 1. The summed E-state index contributed by atoms with van der Waals surface area (Å²) in [7, 11) is 0. The molecule has 3 rings (SSSR count). The van der Waals surface area contributed by atoms with Gasteiger partial charge in [0.1, 0.15) is 11.9 Å². The van der Waals surface area contributed by atoms with Gasteiger partial charge in [-0.05, 0) is 32.9 Å². The van der Waals surface area contributed by atoms with Crippen LogP contribution in [-0.4, -0.2) is 23.4 Å². The maximum Gasteiger partial charge on any atom is 0.338 e. The van der Waals surface area contributed by atoms with Gasteiger partial charge < -0.3 is 10.1 Å². The zero-order chi connectivity index (χ0) is 18.8. The molecule has 0 spiro atoms. The summed E-state index contributed by atoms with van der Waals surface area (Å²) in [5.41, 5.74) is 2.36. The first-order valence-electron chi connectivity index (χ1n) is 8.00. The fourth-order valence-corrected chi connectivity index (χ4v) is 3.69. The molecular weight excluding hydrogens is 377 g/mol. The standard InChI is InChI=1S/C18H17ClFN3O2S/c1-4-25-18(24)14-10(3)22-16(17-21-9(2)8-26-17)23-15(14)12-6-5-11(20)7-13(12)19/h5-8,15H,4H2,1-3H3,(H,22,23). The molecule has 1 aromatic carbocycles. The van der Waals surface area contributed by atoms with Crippen LogP contribution in [0.15, 0.2) is 39.8 Å². The predicted octanol–water partition coefficient (Wildman–Crippen LogP) is 4.17. The Morgan fingerprint density at radius 3 is 2.81 bits per heavy atom. The van der Waals surface area contributed by atoms with Crippen molar-refractivity contribution in [1.29, 1.82) is 0 Å². The number of hydrogen-bond acceptors (Lipinski definition) is 6. The van der Waals surface area contributed by atoms with Gasteiger partial charge in [0.2, 0.25) is 0 Å². The SMILES string of the molecule is CCOC(=O)C1=C(C)NC(c2nc(C)cs2)=NC1c1ccc(F)cc1Cl. The van der Waals surface area contributed by atoms with Gasteiger partial charge in [-0.15, -0.1) is 11.3 Å². The zero-order valence-electron chi connectivity index (χ0n) is 14.5. The van der Waals surface area contributed by atoms with Gasteiger partial charge in [-0.2, -0.15) is 0 Å². The van der Waals surface area contributed by atoms with Crippen LogP contribution in [0.3, 0.4) is 0 Å². The van der Waals surface area contributed by atoms with Crippen molar-refractivity contribution in [3.05, 3.63) is 62.0 Å². The second-order valence-corrected chi connectivity index (χ2v) is 6.99. The molecule has 0 bridgehead atoms. The predicted molar refractivity (Wildman–Crippen MR) is 100 cm³/mol. The Morgan fingerprint density at radius 1 is 1.42 bits per heavy atom. The molecule has 26 heavy (non-hydrogen) atoms. The van der Waals surface area contributed by atoms with Gasteiger partial charge in [0.15, 0.2) is 10.8 Å². The van der Waals surface area contributed by atoms with E-state index in [2.05, 4.69) is 15.3 Å². The van der Waals surface area contributed by atoms with E-state index in [4.69, 9.17) is 16.3 Å². The summed E-state index contributed by atoms with van der Waals surface area (Å²) < 4.78 is 18.6. The number of hydrogen-bond donors (Lipinski definition) is 1. The smallest absolute Gasteiger partial charge is 0.338 e. The van der Waals surface area contributed by atoms with E-state index in [0.29, 0.717) is 27.7 Å². The maximum atomic E-state index is 13.5. The third kappa shape index (κ3) is 3.64. The fraction of sp³-hybridized carbons (Fsp3) is 0.278. The molecular formula is C18H17ClFN3O2S. The van der Waals surface area contributed by atoms with Crippen LogP contribution in [0.1, 0.15) is 36.2 Å². The number of halogens is 2. The zero-order valence-corrected chi connectivity index (χ0v) is 16.0. The minimum atomic E-state index is -0.706. The highest BCUT2D eigenvalue weighted by Gasteiger charge is 2.32. The van der Waals surface area contributed by atoms with Crippen LogP contribution in [-0.2, 0) is 9.53 Å². The lowest BCUT2D eigenvalue weighted by atomic mass is 9.96. The van der Waals surface area contributed by atoms with Gasteiger partial charge in [-0.3, -0.25) is 4.99 Å². The number of nitrogens with zero attached hydrogens (tertiary/aromatic N) is 2. The number of amidine groups is 1. The molecule has 1 atom stereocenters. The molecule has 136 valence electrons. The van der Waals surface area contributed by atoms with Crippen molar-refractivity contribution in [2.75, 3.05) is 6.61 Å². The number of benzene rings is 1. The third-order valence-corrected chi connectivity index (χ3v) is 5.11. The number of thiazole rings is 1. The average Bonchev–Trinajstić information content (AvgIpc) is 3.01. The lowest BCUT2D eigenvalue weighted by Crippen LogP contribution is -2.32. The van der Waals surface area contributed by atoms with Crippen LogP contribution in [0.5, 0.6) is 0 Å². The van der Waals surface area contributed by atoms with Crippen LogP contribution >= 0.6 is 22.9 Å². The Kier molecular flexibility index (Phi) is 5.38. The molecule has 2 aromatic rings. The molecule has 1 aliphatic heterocycles. The first kappa shape index (κ1) is 18.5. The Bertz CT molecular complexity index is 923. The normalized spacial score (nSPS) is 17.0. The van der Waals surface area contributed by atoms with Crippen LogP contribution in [0.25, 0.3) is 0 Å². The van der Waals surface area contributed by atoms with Crippen molar-refractivity contribution < 1.29 is 13.9 Å². The van der Waals surface area contributed by atoms with Gasteiger partial charge in [-0.1, -0.05) is 17.7 Å². The van der Waals surface area contributed by atoms with Crippen molar-refractivity contribution in [2.24, 2.45) is 4.99 Å². The average molecular weight is 394 g/mol. The molecule has 0 fully saturated rings. The highest BCUT2D eigenvalue weighted by Crippen LogP contribution is 2.36. The molecule has 0 aliphatic carbocycles. The maximum absolute atomic E-state index is 13.5. The molecule has 0 saturated heterocycles. The quantitative estimate of drug-likeness (QED) is 0.792. The Labute approximate surface area is 159 Å². The summed E-state index contributed by atoms with van der Waals surface area (Å²) in [6.45, 7) is 5.63. The monoisotopic (exact) mass is 393 g/mol. The number of aryl methyl sites for hydroxylation is 1. The fourth-order valence-electron chi connectivity index (χ4n) is 2.67. The van der Waals surface area contributed by atoms with Crippen molar-refractivity contribution >= 4 is 34.7 Å². The van der Waals surface area contributed by atoms with Crippen molar-refractivity contribution in [3.63, 3.8) is 0 Å². The highest BCUT2D eigenvalue weighted by molar-refractivity contribution is 7.11. The molecule has 8 heteroatoms. The van der Waals surface area contributed by atoms with Crippen molar-refractivity contribution in [1.82, 2.24) is 10.3 Å². The minimum Gasteiger partial charge on any atom is -0.463 e. The van der Waals surface area contributed by atoms with Crippen molar-refractivity contribution in [2.45, 2.75) is 26.8 Å². The van der Waals surface area contributed by atoms with Gasteiger partial charge in [0, 0.05) is 27.4 Å². The Balaban J connectivity index is 2.12. The van der Waals surface area contributed by atoms with Crippen LogP contribution in [0.2, 0.25) is 5.02 Å². The Hall–Kier alpha value is -2.25. The number of aliphatic imine (C=N–C) groups is 1. The van der Waals surface area contributed by atoms with Gasteiger partial charge in [-0.25, -0.2) is 14.2 Å². The number of aromatic nitrogens is 1. The van der Waals surface area contributed by atoms with E-state index in [-0.39, 0.29) is 11.6 Å². The molecule has 1 N–H and O–H groups in total. The number of esters is 1. The summed E-state index contributed by atoms with van der Waals surface area (Å²) in [6.07, 6.45) is 0. The molecule has 1 unspecified atom stereocenters. The second-order valence-electron chi connectivity index (χ2n) is 5.72. The van der Waals surface area contributed by atoms with Crippen LogP contribution in [0, 0.1) is 12.7 Å². The van der Waals surface area contributed by atoms with Gasteiger partial charge >= 0.3 is 5.97 Å². The molecule has 0 amide bonds. The summed E-state index contributed by atoms with van der Waals surface area (Å²) in [5, 5.41) is 5.94. The van der Waals surface area contributed by atoms with E-state index in [9.17, 15) is 9.18 Å². The van der Waals surface area contributed by atoms with Crippen LogP contribution in [0.4, 0.5) is 4.39 Å². The van der Waals surface area contributed by atoms with E-state index < -0.39 is 17.8 Å². The highest BCUT2D eigenvalue weighted by atomic mass is 35.5. The van der Waals surface area contributed by atoms with Gasteiger partial charge in [0.25, 0.3) is 0 Å². The summed E-state index contributed by atoms with van der Waals surface area (Å²) in [6, 6.07) is 3.33. The number of allylic oxidation sites excluding steroid dienone is 1. The molecule has 2 heterocycles. The summed E-state index contributed by atoms with van der Waals surface area (Å²) >= 11 is 7.68. The van der Waals surface area contributed by atoms with E-state index in [1.54, 1.807) is 13.8 Å². The molecule has 0 saturated carbocycles. The third-order valence-electron chi connectivity index (χ3n) is 3.82. The molecule has 1 aromatic heterocycles. The van der Waals surface area contributed by atoms with E-state index in [1.165, 1.54) is 29.5 Å². The van der Waals surface area contributed by atoms with E-state index >= 15 is 0 Å². The molecule has 1 aliphatic rings. The molecule has 5 nitrogen and oxygen atoms in total. The number of rotatable bonds is 4. The van der Waals surface area contributed by atoms with E-state index in [0.717, 1.165) is 5.69 Å². The molecule has 0 radical (unpaired) electrons. The second kappa shape index (κ2) is 7.55. The minimum absolute atomic E-state index is 0.199. The van der Waals surface area contributed by atoms with Crippen molar-refractivity contribution in [3.8, 4) is 0 Å². The summed E-state index contributed by atoms with van der Waals surface area (Å²) in [5.74, 6) is -0.397. The largest absolute Gasteiger partial charge is 0.463 e. The Morgan fingerprint density at radius 2 is 2.19 bits per heavy atom. The topological polar surface area (TPSA) is 63.6 Å². The van der Waals surface area contributed by atoms with Crippen LogP contribution < -0.4 is 5.32 Å². The number of nitrogens with one attached hydrogen (secondary N) is 1. The number of ether oxygens (including phenoxy) is 1. The first-order chi connectivity index (χ1) is 12.4. The van der Waals surface area contributed by atoms with Gasteiger partial charge in [0.05, 0.1) is 12.2 Å². The first-order valence-corrected chi connectivity index (χ1v) is 9.26. The number of carbonyl (C=O) groups is 1. The lowest BCUT2D eigenvalue weighted by Gasteiger charge is -2.26. The van der Waals surface area contributed by atoms with E-state index in [1.807, 2.05) is 12.3 Å². The summed E-state index contributed by atoms with van der Waals surface area (Å²) in [4.78, 5) is 21.6.